The van der Waals surface area contributed by atoms with Gasteiger partial charge in [-0.15, -0.1) is 11.3 Å². The van der Waals surface area contributed by atoms with Crippen molar-refractivity contribution < 1.29 is 14.3 Å². The fourth-order valence-electron chi connectivity index (χ4n) is 5.03. The molecule has 1 N–H and O–H groups in total. The standard InChI is InChI=1S/C23H34N6O3S/c1-16-19-15-20(33-22(19)29(25-16)18-5-13-32-14-6-18)21(30)24-17-3-7-27(8-4-17)23(31)28-11-9-26(2)10-12-28/h15,17-18H,3-14H2,1-2H3,(H,24,30). The highest BCUT2D eigenvalue weighted by Crippen LogP contribution is 2.33. The van der Waals surface area contributed by atoms with Crippen LogP contribution in [0.1, 0.15) is 47.1 Å². The number of nitrogens with zero attached hydrogens (tertiary/aromatic N) is 5. The fraction of sp³-hybridized carbons (Fsp3) is 0.696. The zero-order valence-electron chi connectivity index (χ0n) is 19.6. The lowest BCUT2D eigenvalue weighted by molar-refractivity contribution is 0.0675. The zero-order valence-corrected chi connectivity index (χ0v) is 20.4. The van der Waals surface area contributed by atoms with E-state index in [1.54, 1.807) is 0 Å². The van der Waals surface area contributed by atoms with Gasteiger partial charge in [0.2, 0.25) is 0 Å². The Bertz CT molecular complexity index is 997. The molecule has 0 bridgehead atoms. The van der Waals surface area contributed by atoms with Crippen molar-refractivity contribution in [3.05, 3.63) is 16.6 Å². The number of carbonyl (C=O) groups is 2. The number of rotatable bonds is 3. The van der Waals surface area contributed by atoms with E-state index in [1.807, 2.05) is 22.8 Å². The van der Waals surface area contributed by atoms with Crippen LogP contribution in [-0.2, 0) is 4.74 Å². The van der Waals surface area contributed by atoms with Crippen molar-refractivity contribution in [2.45, 2.75) is 44.7 Å². The first-order valence-corrected chi connectivity index (χ1v) is 12.9. The number of likely N-dealkylation sites (tertiary alicyclic amines) is 1. The van der Waals surface area contributed by atoms with Crippen LogP contribution in [0.5, 0.6) is 0 Å². The number of nitrogens with one attached hydrogen (secondary N) is 1. The van der Waals surface area contributed by atoms with Crippen molar-refractivity contribution in [3.8, 4) is 0 Å². The lowest BCUT2D eigenvalue weighted by Crippen LogP contribution is -2.54. The molecule has 180 valence electrons. The molecule has 0 aromatic carbocycles. The molecule has 2 aromatic rings. The molecule has 0 spiro atoms. The Balaban J connectivity index is 1.18. The zero-order chi connectivity index (χ0) is 22.9. The second-order valence-electron chi connectivity index (χ2n) is 9.51. The van der Waals surface area contributed by atoms with E-state index in [-0.39, 0.29) is 18.0 Å². The van der Waals surface area contributed by atoms with Crippen molar-refractivity contribution in [2.24, 2.45) is 0 Å². The van der Waals surface area contributed by atoms with Gasteiger partial charge in [-0.3, -0.25) is 9.48 Å². The molecule has 0 unspecified atom stereocenters. The maximum absolute atomic E-state index is 13.0. The second-order valence-corrected chi connectivity index (χ2v) is 10.5. The summed E-state index contributed by atoms with van der Waals surface area (Å²) in [5.74, 6) is -0.0158. The van der Waals surface area contributed by atoms with Gasteiger partial charge in [0, 0.05) is 63.9 Å². The summed E-state index contributed by atoms with van der Waals surface area (Å²) in [5.41, 5.74) is 0.975. The highest BCUT2D eigenvalue weighted by Gasteiger charge is 2.29. The first-order chi connectivity index (χ1) is 16.0. The summed E-state index contributed by atoms with van der Waals surface area (Å²) < 4.78 is 7.61. The molecule has 3 amide bonds. The molecule has 5 rings (SSSR count). The number of likely N-dealkylation sites (N-methyl/N-ethyl adjacent to an activating group) is 1. The van der Waals surface area contributed by atoms with Crippen LogP contribution < -0.4 is 5.32 Å². The van der Waals surface area contributed by atoms with E-state index >= 15 is 0 Å². The van der Waals surface area contributed by atoms with Crippen LogP contribution in [0.3, 0.4) is 0 Å². The molecular weight excluding hydrogens is 440 g/mol. The minimum Gasteiger partial charge on any atom is -0.381 e. The maximum Gasteiger partial charge on any atom is 0.320 e. The normalized spacial score (nSPS) is 21.6. The average molecular weight is 475 g/mol. The van der Waals surface area contributed by atoms with Crippen LogP contribution in [-0.4, -0.2) is 102 Å². The molecule has 9 nitrogen and oxygen atoms in total. The maximum atomic E-state index is 13.0. The molecule has 33 heavy (non-hydrogen) atoms. The summed E-state index contributed by atoms with van der Waals surface area (Å²) >= 11 is 1.53. The molecule has 0 saturated carbocycles. The van der Waals surface area contributed by atoms with E-state index in [1.165, 1.54) is 11.3 Å². The molecule has 2 aromatic heterocycles. The predicted molar refractivity (Wildman–Crippen MR) is 128 cm³/mol. The Labute approximate surface area is 198 Å². The van der Waals surface area contributed by atoms with Crippen molar-refractivity contribution in [3.63, 3.8) is 0 Å². The highest BCUT2D eigenvalue weighted by molar-refractivity contribution is 7.20. The quantitative estimate of drug-likeness (QED) is 0.738. The molecule has 0 aliphatic carbocycles. The van der Waals surface area contributed by atoms with Crippen molar-refractivity contribution >= 4 is 33.5 Å². The predicted octanol–water partition coefficient (Wildman–Crippen LogP) is 2.32. The van der Waals surface area contributed by atoms with E-state index in [9.17, 15) is 9.59 Å². The minimum atomic E-state index is -0.0158. The smallest absolute Gasteiger partial charge is 0.320 e. The summed E-state index contributed by atoms with van der Waals surface area (Å²) in [6, 6.07) is 2.57. The third-order valence-electron chi connectivity index (χ3n) is 7.20. The van der Waals surface area contributed by atoms with Crippen LogP contribution in [0.15, 0.2) is 6.07 Å². The second kappa shape index (κ2) is 9.60. The third-order valence-corrected chi connectivity index (χ3v) is 8.33. The molecule has 0 radical (unpaired) electrons. The lowest BCUT2D eigenvalue weighted by atomic mass is 10.1. The first-order valence-electron chi connectivity index (χ1n) is 12.1. The van der Waals surface area contributed by atoms with E-state index in [0.29, 0.717) is 19.1 Å². The van der Waals surface area contributed by atoms with Gasteiger partial charge in [-0.05, 0) is 45.7 Å². The number of hydrogen-bond donors (Lipinski definition) is 1. The number of thiophene rings is 1. The molecular formula is C23H34N6O3S. The van der Waals surface area contributed by atoms with E-state index in [0.717, 1.165) is 85.9 Å². The van der Waals surface area contributed by atoms with E-state index in [2.05, 4.69) is 21.9 Å². The molecule has 3 saturated heterocycles. The Morgan fingerprint density at radius 1 is 1.03 bits per heavy atom. The van der Waals surface area contributed by atoms with Gasteiger partial charge in [0.15, 0.2) is 0 Å². The Morgan fingerprint density at radius 3 is 2.39 bits per heavy atom. The summed E-state index contributed by atoms with van der Waals surface area (Å²) in [6.45, 7) is 8.38. The number of hydrogen-bond acceptors (Lipinski definition) is 6. The summed E-state index contributed by atoms with van der Waals surface area (Å²) in [4.78, 5) is 33.8. The van der Waals surface area contributed by atoms with E-state index < -0.39 is 0 Å². The number of aryl methyl sites for hydroxylation is 1. The van der Waals surface area contributed by atoms with Crippen molar-refractivity contribution in [1.82, 2.24) is 29.8 Å². The van der Waals surface area contributed by atoms with Gasteiger partial charge in [-0.1, -0.05) is 0 Å². The van der Waals surface area contributed by atoms with Crippen LogP contribution in [0.4, 0.5) is 4.79 Å². The van der Waals surface area contributed by atoms with Gasteiger partial charge in [0.1, 0.15) is 4.83 Å². The molecule has 3 aliphatic heterocycles. The number of aromatic nitrogens is 2. The van der Waals surface area contributed by atoms with Gasteiger partial charge in [-0.25, -0.2) is 4.79 Å². The summed E-state index contributed by atoms with van der Waals surface area (Å²) in [6.07, 6.45) is 3.51. The van der Waals surface area contributed by atoms with Crippen LogP contribution >= 0.6 is 11.3 Å². The fourth-order valence-corrected chi connectivity index (χ4v) is 6.17. The number of piperazine rings is 1. The largest absolute Gasteiger partial charge is 0.381 e. The van der Waals surface area contributed by atoms with Crippen LogP contribution in [0, 0.1) is 6.92 Å². The number of piperidine rings is 1. The van der Waals surface area contributed by atoms with Crippen molar-refractivity contribution in [2.75, 3.05) is 59.5 Å². The third kappa shape index (κ3) is 4.74. The topological polar surface area (TPSA) is 82.9 Å². The number of carbonyl (C=O) groups excluding carboxylic acids is 2. The van der Waals surface area contributed by atoms with Gasteiger partial charge < -0.3 is 24.8 Å². The Hall–Kier alpha value is -2.17. The lowest BCUT2D eigenvalue weighted by Gasteiger charge is -2.39. The summed E-state index contributed by atoms with van der Waals surface area (Å²) in [7, 11) is 2.09. The highest BCUT2D eigenvalue weighted by atomic mass is 32.1. The van der Waals surface area contributed by atoms with Gasteiger partial charge in [0.25, 0.3) is 5.91 Å². The van der Waals surface area contributed by atoms with Gasteiger partial charge in [0.05, 0.1) is 16.6 Å². The molecule has 3 aliphatic rings. The molecule has 5 heterocycles. The Morgan fingerprint density at radius 2 is 1.70 bits per heavy atom. The Kier molecular flexibility index (Phi) is 6.58. The number of amides is 3. The number of ether oxygens (including phenoxy) is 1. The number of urea groups is 1. The van der Waals surface area contributed by atoms with Crippen molar-refractivity contribution in [1.29, 1.82) is 0 Å². The van der Waals surface area contributed by atoms with Crippen LogP contribution in [0.25, 0.3) is 10.2 Å². The van der Waals surface area contributed by atoms with Gasteiger partial charge in [-0.2, -0.15) is 5.10 Å². The first kappa shape index (κ1) is 22.6. The average Bonchev–Trinajstić information content (AvgIpc) is 3.41. The number of fused-ring (bicyclic) bond motifs is 1. The van der Waals surface area contributed by atoms with E-state index in [4.69, 9.17) is 9.84 Å². The molecule has 0 atom stereocenters. The summed E-state index contributed by atoms with van der Waals surface area (Å²) in [5, 5.41) is 9.04. The minimum absolute atomic E-state index is 0.0158. The SMILES string of the molecule is Cc1nn(C2CCOCC2)c2sc(C(=O)NC3CCN(C(=O)N4CCN(C)CC4)CC3)cc12. The molecule has 10 heteroatoms. The monoisotopic (exact) mass is 474 g/mol. The van der Waals surface area contributed by atoms with Crippen LogP contribution in [0.2, 0.25) is 0 Å². The molecule has 3 fully saturated rings. The van der Waals surface area contributed by atoms with Gasteiger partial charge >= 0.3 is 6.03 Å².